The number of aryl methyl sites for hydroxylation is 1. The lowest BCUT2D eigenvalue weighted by atomic mass is 10.2. The first-order valence-electron chi connectivity index (χ1n) is 8.93. The third-order valence-corrected chi connectivity index (χ3v) is 4.01. The van der Waals surface area contributed by atoms with Gasteiger partial charge in [-0.15, -0.1) is 0 Å². The van der Waals surface area contributed by atoms with Crippen LogP contribution in [0.25, 0.3) is 0 Å². The Morgan fingerprint density at radius 3 is 2.46 bits per heavy atom. The van der Waals surface area contributed by atoms with Crippen LogP contribution in [-0.4, -0.2) is 23.2 Å². The summed E-state index contributed by atoms with van der Waals surface area (Å²) in [4.78, 5) is 9.02. The molecule has 28 heavy (non-hydrogen) atoms. The van der Waals surface area contributed by atoms with Crippen molar-refractivity contribution >= 4 is 34.7 Å². The lowest BCUT2D eigenvalue weighted by Crippen LogP contribution is -2.08. The van der Waals surface area contributed by atoms with E-state index in [9.17, 15) is 0 Å². The zero-order valence-electron chi connectivity index (χ0n) is 16.3. The minimum absolute atomic E-state index is 0.0719. The summed E-state index contributed by atoms with van der Waals surface area (Å²) in [6, 6.07) is 14.9. The molecule has 0 radical (unpaired) electrons. The number of nitrogens with zero attached hydrogens (tertiary/aromatic N) is 2. The first kappa shape index (κ1) is 19.8. The van der Waals surface area contributed by atoms with Gasteiger partial charge < -0.3 is 20.1 Å². The van der Waals surface area contributed by atoms with Crippen molar-refractivity contribution < 1.29 is 9.47 Å². The van der Waals surface area contributed by atoms with Crippen LogP contribution in [0.2, 0.25) is 5.02 Å². The first-order valence-corrected chi connectivity index (χ1v) is 9.31. The molecule has 1 aromatic heterocycles. The zero-order valence-corrected chi connectivity index (χ0v) is 17.0. The predicted octanol–water partition coefficient (Wildman–Crippen LogP) is 5.72. The molecule has 6 nitrogen and oxygen atoms in total. The standard InChI is InChI=1S/C21H23ClN4O2/c1-13(2)28-19-8-6-5-7-16(19)24-20-11-14(3)23-21(26-20)25-17-12-15(22)9-10-18(17)27-4/h5-13H,1-4H3,(H2,23,24,25,26). The molecule has 0 fully saturated rings. The summed E-state index contributed by atoms with van der Waals surface area (Å²) < 4.78 is 11.2. The Bertz CT molecular complexity index is 963. The second-order valence-electron chi connectivity index (χ2n) is 6.48. The van der Waals surface area contributed by atoms with E-state index in [2.05, 4.69) is 20.6 Å². The van der Waals surface area contributed by atoms with Crippen LogP contribution >= 0.6 is 11.6 Å². The SMILES string of the molecule is COc1ccc(Cl)cc1Nc1nc(C)cc(Nc2ccccc2OC(C)C)n1. The van der Waals surface area contributed by atoms with E-state index in [1.165, 1.54) is 0 Å². The third-order valence-electron chi connectivity index (χ3n) is 3.77. The molecule has 2 N–H and O–H groups in total. The molecule has 0 bridgehead atoms. The molecule has 0 aliphatic carbocycles. The average molecular weight is 399 g/mol. The molecule has 3 aromatic rings. The molecule has 146 valence electrons. The number of benzene rings is 2. The molecule has 0 aliphatic heterocycles. The van der Waals surface area contributed by atoms with Crippen LogP contribution in [0.15, 0.2) is 48.5 Å². The molecule has 0 saturated heterocycles. The van der Waals surface area contributed by atoms with Gasteiger partial charge in [-0.25, -0.2) is 4.98 Å². The molecule has 0 aliphatic rings. The summed E-state index contributed by atoms with van der Waals surface area (Å²) >= 11 is 6.11. The predicted molar refractivity (Wildman–Crippen MR) is 114 cm³/mol. The van der Waals surface area contributed by atoms with Gasteiger partial charge in [0.15, 0.2) is 0 Å². The zero-order chi connectivity index (χ0) is 20.1. The Balaban J connectivity index is 1.88. The molecule has 0 spiro atoms. The molecule has 0 amide bonds. The summed E-state index contributed by atoms with van der Waals surface area (Å²) in [6.45, 7) is 5.89. The van der Waals surface area contributed by atoms with Gasteiger partial charge in [0.2, 0.25) is 5.95 Å². The van der Waals surface area contributed by atoms with Crippen LogP contribution in [0.1, 0.15) is 19.5 Å². The van der Waals surface area contributed by atoms with Gasteiger partial charge >= 0.3 is 0 Å². The van der Waals surface area contributed by atoms with Crippen LogP contribution in [0.4, 0.5) is 23.1 Å². The number of para-hydroxylation sites is 2. The highest BCUT2D eigenvalue weighted by Crippen LogP contribution is 2.31. The van der Waals surface area contributed by atoms with Crippen molar-refractivity contribution in [1.82, 2.24) is 9.97 Å². The van der Waals surface area contributed by atoms with Gasteiger partial charge in [0.05, 0.1) is 24.6 Å². The smallest absolute Gasteiger partial charge is 0.229 e. The molecule has 0 unspecified atom stereocenters. The fourth-order valence-corrected chi connectivity index (χ4v) is 2.82. The minimum atomic E-state index is 0.0719. The Labute approximate surface area is 169 Å². The van der Waals surface area contributed by atoms with Crippen molar-refractivity contribution in [3.05, 3.63) is 59.2 Å². The van der Waals surface area contributed by atoms with E-state index in [0.29, 0.717) is 28.2 Å². The van der Waals surface area contributed by atoms with Crippen molar-refractivity contribution in [2.75, 3.05) is 17.7 Å². The van der Waals surface area contributed by atoms with Crippen molar-refractivity contribution in [3.63, 3.8) is 0 Å². The largest absolute Gasteiger partial charge is 0.495 e. The van der Waals surface area contributed by atoms with Crippen LogP contribution in [0.3, 0.4) is 0 Å². The Hall–Kier alpha value is -2.99. The highest BCUT2D eigenvalue weighted by Gasteiger charge is 2.10. The number of hydrogen-bond acceptors (Lipinski definition) is 6. The number of aromatic nitrogens is 2. The van der Waals surface area contributed by atoms with Gasteiger partial charge in [0, 0.05) is 16.8 Å². The molecule has 1 heterocycles. The molecule has 2 aromatic carbocycles. The van der Waals surface area contributed by atoms with Gasteiger partial charge in [-0.05, 0) is 51.1 Å². The molecular weight excluding hydrogens is 376 g/mol. The fraction of sp³-hybridized carbons (Fsp3) is 0.238. The Morgan fingerprint density at radius 1 is 0.929 bits per heavy atom. The van der Waals surface area contributed by atoms with E-state index < -0.39 is 0 Å². The summed E-state index contributed by atoms with van der Waals surface area (Å²) in [5.74, 6) is 2.50. The van der Waals surface area contributed by atoms with E-state index in [1.807, 2.05) is 51.1 Å². The topological polar surface area (TPSA) is 68.3 Å². The van der Waals surface area contributed by atoms with Gasteiger partial charge in [0.25, 0.3) is 0 Å². The van der Waals surface area contributed by atoms with Crippen LogP contribution < -0.4 is 20.1 Å². The molecule has 0 saturated carbocycles. The second kappa shape index (κ2) is 8.80. The van der Waals surface area contributed by atoms with Crippen molar-refractivity contribution in [2.24, 2.45) is 0 Å². The third kappa shape index (κ3) is 5.04. The van der Waals surface area contributed by atoms with Crippen molar-refractivity contribution in [2.45, 2.75) is 26.9 Å². The number of ether oxygens (including phenoxy) is 2. The molecular formula is C21H23ClN4O2. The maximum atomic E-state index is 6.11. The lowest BCUT2D eigenvalue weighted by Gasteiger charge is -2.16. The van der Waals surface area contributed by atoms with E-state index >= 15 is 0 Å². The fourth-order valence-electron chi connectivity index (χ4n) is 2.65. The Kier molecular flexibility index (Phi) is 6.21. The molecule has 7 heteroatoms. The first-order chi connectivity index (χ1) is 13.4. The van der Waals surface area contributed by atoms with Gasteiger partial charge in [-0.2, -0.15) is 4.98 Å². The maximum absolute atomic E-state index is 6.11. The minimum Gasteiger partial charge on any atom is -0.495 e. The number of anilines is 4. The average Bonchev–Trinajstić information content (AvgIpc) is 2.63. The number of hydrogen-bond donors (Lipinski definition) is 2. The molecule has 3 rings (SSSR count). The summed E-state index contributed by atoms with van der Waals surface area (Å²) in [7, 11) is 1.60. The maximum Gasteiger partial charge on any atom is 0.229 e. The van der Waals surface area contributed by atoms with Crippen molar-refractivity contribution in [1.29, 1.82) is 0 Å². The van der Waals surface area contributed by atoms with E-state index in [-0.39, 0.29) is 6.10 Å². The van der Waals surface area contributed by atoms with E-state index in [4.69, 9.17) is 21.1 Å². The van der Waals surface area contributed by atoms with Crippen LogP contribution in [0.5, 0.6) is 11.5 Å². The number of rotatable bonds is 7. The summed E-state index contributed by atoms with van der Waals surface area (Å²) in [5.41, 5.74) is 2.33. The second-order valence-corrected chi connectivity index (χ2v) is 6.91. The van der Waals surface area contributed by atoms with Crippen molar-refractivity contribution in [3.8, 4) is 11.5 Å². The van der Waals surface area contributed by atoms with Crippen LogP contribution in [-0.2, 0) is 0 Å². The summed E-state index contributed by atoms with van der Waals surface area (Å²) in [5, 5.41) is 7.08. The number of methoxy groups -OCH3 is 1. The van der Waals surface area contributed by atoms with Gasteiger partial charge in [-0.1, -0.05) is 23.7 Å². The van der Waals surface area contributed by atoms with Gasteiger partial charge in [-0.3, -0.25) is 0 Å². The van der Waals surface area contributed by atoms with Crippen LogP contribution in [0, 0.1) is 6.92 Å². The lowest BCUT2D eigenvalue weighted by molar-refractivity contribution is 0.244. The number of nitrogens with one attached hydrogen (secondary N) is 2. The monoisotopic (exact) mass is 398 g/mol. The Morgan fingerprint density at radius 2 is 1.71 bits per heavy atom. The van der Waals surface area contributed by atoms with Gasteiger partial charge in [0.1, 0.15) is 17.3 Å². The normalized spacial score (nSPS) is 10.6. The highest BCUT2D eigenvalue weighted by atomic mass is 35.5. The highest BCUT2D eigenvalue weighted by molar-refractivity contribution is 6.31. The quantitative estimate of drug-likeness (QED) is 0.530. The number of halogens is 1. The summed E-state index contributed by atoms with van der Waals surface area (Å²) in [6.07, 6.45) is 0.0719. The molecule has 0 atom stereocenters. The van der Waals surface area contributed by atoms with E-state index in [1.54, 1.807) is 25.3 Å². The van der Waals surface area contributed by atoms with E-state index in [0.717, 1.165) is 17.1 Å².